The van der Waals surface area contributed by atoms with Crippen molar-refractivity contribution in [3.63, 3.8) is 0 Å². The highest BCUT2D eigenvalue weighted by molar-refractivity contribution is 6.31. The van der Waals surface area contributed by atoms with Crippen molar-refractivity contribution in [1.82, 2.24) is 15.2 Å². The predicted octanol–water partition coefficient (Wildman–Crippen LogP) is 2.04. The Hall–Kier alpha value is -0.660. The molecule has 7 heteroatoms. The number of rotatable bonds is 8. The second-order valence-corrected chi connectivity index (χ2v) is 5.79. The van der Waals surface area contributed by atoms with E-state index in [0.717, 1.165) is 31.6 Å². The van der Waals surface area contributed by atoms with Gasteiger partial charge in [-0.3, -0.25) is 16.0 Å². The van der Waals surface area contributed by atoms with Gasteiger partial charge in [-0.05, 0) is 32.1 Å². The summed E-state index contributed by atoms with van der Waals surface area (Å²) in [5.41, 5.74) is 3.78. The highest BCUT2D eigenvalue weighted by Gasteiger charge is 2.22. The fraction of sp³-hybridized carbons (Fsp3) is 0.786. The number of hydrazine groups is 1. The summed E-state index contributed by atoms with van der Waals surface area (Å²) in [6.45, 7) is 2.13. The van der Waals surface area contributed by atoms with Crippen molar-refractivity contribution >= 4 is 11.6 Å². The van der Waals surface area contributed by atoms with Gasteiger partial charge in [-0.1, -0.05) is 11.6 Å². The molecule has 1 aliphatic heterocycles. The topological polar surface area (TPSA) is 74.3 Å². The van der Waals surface area contributed by atoms with Crippen LogP contribution in [0.5, 0.6) is 0 Å². The molecule has 1 aliphatic rings. The minimum absolute atomic E-state index is 0.0256. The Balaban J connectivity index is 1.97. The molecule has 0 radical (unpaired) electrons. The number of hydrogen-bond donors (Lipinski definition) is 2. The van der Waals surface area contributed by atoms with E-state index in [4.69, 9.17) is 26.9 Å². The van der Waals surface area contributed by atoms with Crippen LogP contribution in [0.25, 0.3) is 0 Å². The lowest BCUT2D eigenvalue weighted by Crippen LogP contribution is -2.32. The Kier molecular flexibility index (Phi) is 6.92. The molecule has 3 N–H and O–H groups in total. The average molecular weight is 317 g/mol. The van der Waals surface area contributed by atoms with Gasteiger partial charge < -0.3 is 9.47 Å². The van der Waals surface area contributed by atoms with E-state index in [9.17, 15) is 0 Å². The van der Waals surface area contributed by atoms with E-state index in [0.29, 0.717) is 24.3 Å². The van der Waals surface area contributed by atoms with Crippen molar-refractivity contribution in [2.75, 3.05) is 20.3 Å². The molecular formula is C14H25ClN4O2. The second kappa shape index (κ2) is 8.70. The molecule has 1 saturated heterocycles. The summed E-state index contributed by atoms with van der Waals surface area (Å²) >= 11 is 6.27. The molecule has 0 bridgehead atoms. The molecule has 21 heavy (non-hydrogen) atoms. The fourth-order valence-corrected chi connectivity index (χ4v) is 3.03. The maximum atomic E-state index is 6.27. The lowest BCUT2D eigenvalue weighted by Gasteiger charge is -2.25. The molecule has 0 spiro atoms. The van der Waals surface area contributed by atoms with E-state index in [1.807, 2.05) is 4.68 Å². The van der Waals surface area contributed by atoms with Crippen LogP contribution < -0.4 is 11.3 Å². The van der Waals surface area contributed by atoms with Gasteiger partial charge in [0.2, 0.25) is 0 Å². The van der Waals surface area contributed by atoms with Crippen LogP contribution in [0.4, 0.5) is 0 Å². The van der Waals surface area contributed by atoms with Gasteiger partial charge in [-0.2, -0.15) is 5.10 Å². The molecule has 0 aliphatic carbocycles. The molecular weight excluding hydrogens is 292 g/mol. The normalized spacial score (nSPS) is 20.6. The van der Waals surface area contributed by atoms with Crippen LogP contribution in [-0.2, 0) is 16.0 Å². The maximum Gasteiger partial charge on any atom is 0.0834 e. The number of ether oxygens (including phenoxy) is 2. The number of methoxy groups -OCH3 is 1. The second-order valence-electron chi connectivity index (χ2n) is 5.38. The SMILES string of the molecule is COCCn1ncc(Cl)c1C(CCC1CCCCO1)NN. The standard InChI is InChI=1S/C14H25ClN4O2/c1-20-9-7-19-14(12(15)10-17-19)13(18-16)6-5-11-4-2-3-8-21-11/h10-11,13,18H,2-9,16H2,1H3. The fourth-order valence-electron chi connectivity index (χ4n) is 2.76. The van der Waals surface area contributed by atoms with Gasteiger partial charge in [0.05, 0.1) is 42.2 Å². The van der Waals surface area contributed by atoms with Crippen molar-refractivity contribution in [2.45, 2.75) is 50.8 Å². The summed E-state index contributed by atoms with van der Waals surface area (Å²) in [6.07, 6.45) is 7.40. The van der Waals surface area contributed by atoms with Crippen LogP contribution in [0.2, 0.25) is 5.02 Å². The van der Waals surface area contributed by atoms with E-state index < -0.39 is 0 Å². The zero-order valence-corrected chi connectivity index (χ0v) is 13.3. The number of nitrogens with two attached hydrogens (primary N) is 1. The number of nitrogens with one attached hydrogen (secondary N) is 1. The molecule has 1 aromatic heterocycles. The monoisotopic (exact) mass is 316 g/mol. The van der Waals surface area contributed by atoms with E-state index >= 15 is 0 Å². The third-order valence-corrected chi connectivity index (χ3v) is 4.21. The Morgan fingerprint density at radius 1 is 1.62 bits per heavy atom. The summed E-state index contributed by atoms with van der Waals surface area (Å²) < 4.78 is 12.7. The van der Waals surface area contributed by atoms with Crippen molar-refractivity contribution in [1.29, 1.82) is 0 Å². The highest BCUT2D eigenvalue weighted by Crippen LogP contribution is 2.28. The molecule has 2 atom stereocenters. The summed E-state index contributed by atoms with van der Waals surface area (Å²) in [4.78, 5) is 0. The third kappa shape index (κ3) is 4.66. The van der Waals surface area contributed by atoms with Crippen molar-refractivity contribution in [2.24, 2.45) is 5.84 Å². The summed E-state index contributed by atoms with van der Waals surface area (Å²) in [5.74, 6) is 5.72. The van der Waals surface area contributed by atoms with E-state index in [1.54, 1.807) is 13.3 Å². The van der Waals surface area contributed by atoms with Crippen LogP contribution in [0.15, 0.2) is 6.20 Å². The summed E-state index contributed by atoms with van der Waals surface area (Å²) in [7, 11) is 1.67. The lowest BCUT2D eigenvalue weighted by atomic mass is 10.0. The molecule has 1 aromatic rings. The number of nitrogens with zero attached hydrogens (tertiary/aromatic N) is 2. The zero-order valence-electron chi connectivity index (χ0n) is 12.6. The molecule has 1 fully saturated rings. The molecule has 2 heterocycles. The Morgan fingerprint density at radius 2 is 2.48 bits per heavy atom. The van der Waals surface area contributed by atoms with Crippen molar-refractivity contribution in [3.05, 3.63) is 16.9 Å². The molecule has 2 unspecified atom stereocenters. The zero-order chi connectivity index (χ0) is 15.1. The molecule has 6 nitrogen and oxygen atoms in total. The van der Waals surface area contributed by atoms with Gasteiger partial charge in [0.25, 0.3) is 0 Å². The Bertz CT molecular complexity index is 421. The van der Waals surface area contributed by atoms with Gasteiger partial charge in [-0.15, -0.1) is 0 Å². The third-order valence-electron chi connectivity index (χ3n) is 3.92. The summed E-state index contributed by atoms with van der Waals surface area (Å²) in [6, 6.07) is -0.0256. The average Bonchev–Trinajstić information content (AvgIpc) is 2.88. The van der Waals surface area contributed by atoms with Gasteiger partial charge in [0.1, 0.15) is 0 Å². The van der Waals surface area contributed by atoms with Gasteiger partial charge >= 0.3 is 0 Å². The minimum Gasteiger partial charge on any atom is -0.383 e. The Morgan fingerprint density at radius 3 is 3.14 bits per heavy atom. The first-order valence-corrected chi connectivity index (χ1v) is 7.92. The molecule has 0 amide bonds. The van der Waals surface area contributed by atoms with Crippen molar-refractivity contribution in [3.8, 4) is 0 Å². The van der Waals surface area contributed by atoms with Gasteiger partial charge in [0, 0.05) is 13.7 Å². The van der Waals surface area contributed by atoms with Gasteiger partial charge in [0.15, 0.2) is 0 Å². The van der Waals surface area contributed by atoms with Crippen LogP contribution in [0.1, 0.15) is 43.8 Å². The first-order valence-electron chi connectivity index (χ1n) is 7.54. The number of aromatic nitrogens is 2. The first kappa shape index (κ1) is 16.7. The predicted molar refractivity (Wildman–Crippen MR) is 82.0 cm³/mol. The highest BCUT2D eigenvalue weighted by atomic mass is 35.5. The largest absolute Gasteiger partial charge is 0.383 e. The van der Waals surface area contributed by atoms with E-state index in [-0.39, 0.29) is 6.04 Å². The first-order chi connectivity index (χ1) is 10.3. The van der Waals surface area contributed by atoms with E-state index in [2.05, 4.69) is 10.5 Å². The van der Waals surface area contributed by atoms with Crippen molar-refractivity contribution < 1.29 is 9.47 Å². The van der Waals surface area contributed by atoms with E-state index in [1.165, 1.54) is 12.8 Å². The van der Waals surface area contributed by atoms with Crippen LogP contribution in [0.3, 0.4) is 0 Å². The van der Waals surface area contributed by atoms with Gasteiger partial charge in [-0.25, -0.2) is 0 Å². The molecule has 0 aromatic carbocycles. The number of hydrogen-bond acceptors (Lipinski definition) is 5. The van der Waals surface area contributed by atoms with Crippen LogP contribution in [-0.4, -0.2) is 36.2 Å². The lowest BCUT2D eigenvalue weighted by molar-refractivity contribution is 0.00838. The minimum atomic E-state index is -0.0256. The van der Waals surface area contributed by atoms with Crippen LogP contribution >= 0.6 is 11.6 Å². The molecule has 0 saturated carbocycles. The molecule has 120 valence electrons. The quantitative estimate of drug-likeness (QED) is 0.567. The maximum absolute atomic E-state index is 6.27. The summed E-state index contributed by atoms with van der Waals surface area (Å²) in [5, 5.41) is 4.93. The Labute approximate surface area is 130 Å². The molecule has 2 rings (SSSR count). The smallest absolute Gasteiger partial charge is 0.0834 e. The van der Waals surface area contributed by atoms with Crippen LogP contribution in [0, 0.1) is 0 Å². The number of halogens is 1.